The third kappa shape index (κ3) is 6.29. The van der Waals surface area contributed by atoms with E-state index in [9.17, 15) is 19.5 Å². The molecule has 8 nitrogen and oxygen atoms in total. The summed E-state index contributed by atoms with van der Waals surface area (Å²) in [7, 11) is 0. The molecule has 39 heavy (non-hydrogen) atoms. The lowest BCUT2D eigenvalue weighted by atomic mass is 9.98. The summed E-state index contributed by atoms with van der Waals surface area (Å²) in [5.41, 5.74) is 4.08. The monoisotopic (exact) mass is 525 g/mol. The number of nitrogens with one attached hydrogen (secondary N) is 2. The van der Waals surface area contributed by atoms with Gasteiger partial charge in [0, 0.05) is 54.7 Å². The van der Waals surface area contributed by atoms with Crippen LogP contribution < -0.4 is 10.6 Å². The summed E-state index contributed by atoms with van der Waals surface area (Å²) in [6.07, 6.45) is 3.56. The number of phenolic OH excluding ortho intramolecular Hbond substituents is 1. The van der Waals surface area contributed by atoms with E-state index in [1.165, 1.54) is 0 Å². The van der Waals surface area contributed by atoms with Gasteiger partial charge in [-0.05, 0) is 78.9 Å². The van der Waals surface area contributed by atoms with Gasteiger partial charge in [-0.3, -0.25) is 14.4 Å². The maximum Gasteiger partial charge on any atom is 0.253 e. The summed E-state index contributed by atoms with van der Waals surface area (Å²) >= 11 is 0. The van der Waals surface area contributed by atoms with Crippen LogP contribution >= 0.6 is 0 Å². The Morgan fingerprint density at radius 1 is 0.846 bits per heavy atom. The Morgan fingerprint density at radius 3 is 2.59 bits per heavy atom. The number of hydrogen-bond acceptors (Lipinski definition) is 5. The van der Waals surface area contributed by atoms with E-state index in [0.717, 1.165) is 16.5 Å². The van der Waals surface area contributed by atoms with Gasteiger partial charge >= 0.3 is 0 Å². The molecule has 2 heterocycles. The van der Waals surface area contributed by atoms with Gasteiger partial charge in [-0.1, -0.05) is 18.2 Å². The van der Waals surface area contributed by atoms with Crippen molar-refractivity contribution in [3.05, 3.63) is 89.7 Å². The maximum absolute atomic E-state index is 13.4. The molecule has 0 fully saturated rings. The molecule has 4 bridgehead atoms. The van der Waals surface area contributed by atoms with Gasteiger partial charge in [0.15, 0.2) is 0 Å². The van der Waals surface area contributed by atoms with Crippen molar-refractivity contribution in [2.45, 2.75) is 25.7 Å². The van der Waals surface area contributed by atoms with E-state index in [1.807, 2.05) is 30.3 Å². The molecular formula is C31H31N3O5. The van der Waals surface area contributed by atoms with Crippen molar-refractivity contribution in [1.82, 2.24) is 15.5 Å². The number of amides is 3. The first-order chi connectivity index (χ1) is 19.0. The fraction of sp³-hybridized carbons (Fsp3) is 0.258. The SMILES string of the molecule is O=C1CCCN(C(=O)c2ccc3occc3c2)CCCNC(=O)c2cccc(c2)-c2cc(ccc2O)CCN1. The first-order valence-electron chi connectivity index (χ1n) is 13.2. The van der Waals surface area contributed by atoms with E-state index in [2.05, 4.69) is 10.6 Å². The average Bonchev–Trinajstić information content (AvgIpc) is 3.42. The Balaban J connectivity index is 1.34. The predicted molar refractivity (Wildman–Crippen MR) is 149 cm³/mol. The lowest BCUT2D eigenvalue weighted by Gasteiger charge is -2.23. The van der Waals surface area contributed by atoms with Crippen molar-refractivity contribution in [2.75, 3.05) is 26.2 Å². The number of aromatic hydroxyl groups is 1. The van der Waals surface area contributed by atoms with E-state index in [1.54, 1.807) is 47.6 Å². The Bertz CT molecular complexity index is 1510. The van der Waals surface area contributed by atoms with Crippen molar-refractivity contribution in [3.63, 3.8) is 0 Å². The fourth-order valence-corrected chi connectivity index (χ4v) is 4.83. The zero-order valence-electron chi connectivity index (χ0n) is 21.6. The van der Waals surface area contributed by atoms with Gasteiger partial charge in [0.2, 0.25) is 5.91 Å². The van der Waals surface area contributed by atoms with Crippen LogP contribution in [0.1, 0.15) is 45.5 Å². The molecule has 3 aromatic carbocycles. The summed E-state index contributed by atoms with van der Waals surface area (Å²) in [5, 5.41) is 17.2. The lowest BCUT2D eigenvalue weighted by molar-refractivity contribution is -0.121. The molecule has 4 aromatic rings. The topological polar surface area (TPSA) is 112 Å². The first-order valence-corrected chi connectivity index (χ1v) is 13.2. The van der Waals surface area contributed by atoms with Crippen LogP contribution in [-0.4, -0.2) is 53.9 Å². The second-order valence-corrected chi connectivity index (χ2v) is 9.71. The highest BCUT2D eigenvalue weighted by Crippen LogP contribution is 2.31. The molecule has 1 aliphatic heterocycles. The van der Waals surface area contributed by atoms with Crippen molar-refractivity contribution in [2.24, 2.45) is 0 Å². The number of nitrogens with zero attached hydrogens (tertiary/aromatic N) is 1. The van der Waals surface area contributed by atoms with Gasteiger partial charge in [0.05, 0.1) is 6.26 Å². The van der Waals surface area contributed by atoms with E-state index in [4.69, 9.17) is 4.42 Å². The van der Waals surface area contributed by atoms with Crippen molar-refractivity contribution < 1.29 is 23.9 Å². The largest absolute Gasteiger partial charge is 0.507 e. The highest BCUT2D eigenvalue weighted by molar-refractivity contribution is 5.98. The van der Waals surface area contributed by atoms with E-state index >= 15 is 0 Å². The zero-order chi connectivity index (χ0) is 27.2. The number of carbonyl (C=O) groups excluding carboxylic acids is 3. The second kappa shape index (κ2) is 11.9. The fourth-order valence-electron chi connectivity index (χ4n) is 4.83. The van der Waals surface area contributed by atoms with Gasteiger partial charge in [-0.15, -0.1) is 0 Å². The molecule has 0 atom stereocenters. The average molecular weight is 526 g/mol. The highest BCUT2D eigenvalue weighted by atomic mass is 16.3. The Hall–Kier alpha value is -4.59. The van der Waals surface area contributed by atoms with E-state index in [-0.39, 0.29) is 23.5 Å². The van der Waals surface area contributed by atoms with Gasteiger partial charge in [0.25, 0.3) is 11.8 Å². The Morgan fingerprint density at radius 2 is 1.69 bits per heavy atom. The van der Waals surface area contributed by atoms with Crippen LogP contribution in [0.15, 0.2) is 77.4 Å². The van der Waals surface area contributed by atoms with Crippen molar-refractivity contribution in [3.8, 4) is 16.9 Å². The summed E-state index contributed by atoms with van der Waals surface area (Å²) in [4.78, 5) is 40.5. The Labute approximate surface area is 226 Å². The lowest BCUT2D eigenvalue weighted by Crippen LogP contribution is -2.36. The number of hydrogen-bond donors (Lipinski definition) is 3. The van der Waals surface area contributed by atoms with Crippen LogP contribution in [-0.2, 0) is 11.2 Å². The number of benzene rings is 3. The van der Waals surface area contributed by atoms with Gasteiger partial charge in [-0.2, -0.15) is 0 Å². The summed E-state index contributed by atoms with van der Waals surface area (Å²) in [5.74, 6) is -0.284. The highest BCUT2D eigenvalue weighted by Gasteiger charge is 2.18. The van der Waals surface area contributed by atoms with Gasteiger partial charge in [-0.25, -0.2) is 0 Å². The number of carbonyl (C=O) groups is 3. The molecule has 0 saturated carbocycles. The van der Waals surface area contributed by atoms with Crippen molar-refractivity contribution in [1.29, 1.82) is 0 Å². The van der Waals surface area contributed by atoms with Crippen LogP contribution in [0.5, 0.6) is 5.75 Å². The third-order valence-corrected chi connectivity index (χ3v) is 6.94. The quantitative estimate of drug-likeness (QED) is 0.338. The molecule has 0 saturated heterocycles. The van der Waals surface area contributed by atoms with Crippen LogP contribution in [0.4, 0.5) is 0 Å². The smallest absolute Gasteiger partial charge is 0.253 e. The van der Waals surface area contributed by atoms with Crippen LogP contribution in [0, 0.1) is 0 Å². The maximum atomic E-state index is 13.4. The minimum absolute atomic E-state index is 0.0703. The molecule has 0 spiro atoms. The molecule has 0 unspecified atom stereocenters. The third-order valence-electron chi connectivity index (χ3n) is 6.94. The molecular weight excluding hydrogens is 494 g/mol. The first kappa shape index (κ1) is 26.0. The van der Waals surface area contributed by atoms with E-state index in [0.29, 0.717) is 74.1 Å². The number of fused-ring (bicyclic) bond motifs is 6. The zero-order valence-corrected chi connectivity index (χ0v) is 21.6. The molecule has 0 aliphatic carbocycles. The summed E-state index contributed by atoms with van der Waals surface area (Å²) in [6.45, 7) is 1.70. The van der Waals surface area contributed by atoms with Gasteiger partial charge < -0.3 is 25.1 Å². The molecule has 3 N–H and O–H groups in total. The molecule has 5 rings (SSSR count). The summed E-state index contributed by atoms with van der Waals surface area (Å²) < 4.78 is 5.39. The normalized spacial score (nSPS) is 15.5. The second-order valence-electron chi connectivity index (χ2n) is 9.71. The van der Waals surface area contributed by atoms with E-state index < -0.39 is 0 Å². The number of rotatable bonds is 1. The van der Waals surface area contributed by atoms with Crippen LogP contribution in [0.3, 0.4) is 0 Å². The number of phenols is 1. The molecule has 200 valence electrons. The van der Waals surface area contributed by atoms with Crippen LogP contribution in [0.25, 0.3) is 22.1 Å². The molecule has 1 aromatic heterocycles. The molecule has 8 heteroatoms. The molecule has 0 radical (unpaired) electrons. The minimum Gasteiger partial charge on any atom is -0.507 e. The summed E-state index contributed by atoms with van der Waals surface area (Å²) in [6, 6.07) is 19.6. The predicted octanol–water partition coefficient (Wildman–Crippen LogP) is 4.52. The number of furan rings is 1. The minimum atomic E-state index is -0.219. The van der Waals surface area contributed by atoms with Crippen LogP contribution in [0.2, 0.25) is 0 Å². The van der Waals surface area contributed by atoms with Gasteiger partial charge in [0.1, 0.15) is 11.3 Å². The Kier molecular flexibility index (Phi) is 7.91. The standard InChI is InChI=1S/C31H31N3O5/c35-27-9-7-21-11-14-32-29(36)6-2-15-34(31(38)25-8-10-28-23(20-25)12-17-39-28)16-3-13-33-30(37)24-5-1-4-22(19-24)26(27)18-21/h1,4-5,7-10,12,17-20,35H,2-3,6,11,13-16H2,(H,32,36)(H,33,37). The molecule has 1 aliphatic rings. The molecule has 3 amide bonds. The van der Waals surface area contributed by atoms with Crippen molar-refractivity contribution >= 4 is 28.7 Å².